The number of fused-ring (bicyclic) bond motifs is 10. The molecule has 2 aromatic heterocycles. The van der Waals surface area contributed by atoms with Gasteiger partial charge in [0.15, 0.2) is 5.82 Å². The molecule has 0 saturated heterocycles. The fourth-order valence-electron chi connectivity index (χ4n) is 8.92. The van der Waals surface area contributed by atoms with Crippen molar-refractivity contribution in [3.8, 4) is 50.7 Å². The Morgan fingerprint density at radius 2 is 1.22 bits per heavy atom. The van der Waals surface area contributed by atoms with Crippen molar-refractivity contribution >= 4 is 40.3 Å². The largest absolute Gasteiger partial charge is 0.309 e. The van der Waals surface area contributed by atoms with Gasteiger partial charge in [0.1, 0.15) is 8.07 Å². The number of rotatable bonds is 3. The van der Waals surface area contributed by atoms with E-state index in [-0.39, 0.29) is 5.41 Å². The predicted molar refractivity (Wildman–Crippen MR) is 207 cm³/mol. The van der Waals surface area contributed by atoms with Gasteiger partial charge in [-0.05, 0) is 62.5 Å². The molecule has 2 aliphatic rings. The van der Waals surface area contributed by atoms with Crippen LogP contribution in [-0.4, -0.2) is 22.6 Å². The molecule has 4 heteroatoms. The first kappa shape index (κ1) is 28.4. The lowest BCUT2D eigenvalue weighted by atomic mass is 9.80. The van der Waals surface area contributed by atoms with E-state index in [0.717, 1.165) is 34.0 Å². The molecule has 1 aliphatic carbocycles. The molecule has 0 unspecified atom stereocenters. The minimum Gasteiger partial charge on any atom is -0.309 e. The van der Waals surface area contributed by atoms with Gasteiger partial charge in [-0.2, -0.15) is 0 Å². The third-order valence-electron chi connectivity index (χ3n) is 11.2. The van der Waals surface area contributed by atoms with Crippen LogP contribution in [0.5, 0.6) is 0 Å². The second-order valence-electron chi connectivity index (χ2n) is 14.6. The highest BCUT2D eigenvalue weighted by atomic mass is 28.3. The van der Waals surface area contributed by atoms with Crippen molar-refractivity contribution in [2.75, 3.05) is 0 Å². The van der Waals surface area contributed by atoms with E-state index >= 15 is 0 Å². The lowest BCUT2D eigenvalue weighted by molar-refractivity contribution is 0.666. The van der Waals surface area contributed by atoms with Gasteiger partial charge in [-0.1, -0.05) is 142 Å². The van der Waals surface area contributed by atoms with Crippen LogP contribution in [0.2, 0.25) is 13.1 Å². The van der Waals surface area contributed by atoms with Crippen LogP contribution in [0.4, 0.5) is 0 Å². The van der Waals surface area contributed by atoms with Gasteiger partial charge in [-0.15, -0.1) is 0 Å². The van der Waals surface area contributed by atoms with Crippen molar-refractivity contribution in [3.05, 3.63) is 151 Å². The van der Waals surface area contributed by atoms with Gasteiger partial charge in [0.2, 0.25) is 0 Å². The second kappa shape index (κ2) is 9.97. The summed E-state index contributed by atoms with van der Waals surface area (Å²) in [5.41, 5.74) is 14.6. The van der Waals surface area contributed by atoms with Crippen LogP contribution < -0.4 is 10.4 Å². The Hall–Kier alpha value is -5.58. The molecule has 10 rings (SSSR count). The molecule has 0 fully saturated rings. The fraction of sp³-hybridized carbons (Fsp3) is 0.111. The Morgan fingerprint density at radius 1 is 0.551 bits per heavy atom. The van der Waals surface area contributed by atoms with E-state index in [2.05, 4.69) is 165 Å². The number of para-hydroxylation sites is 1. The van der Waals surface area contributed by atoms with E-state index < -0.39 is 8.07 Å². The standard InChI is InChI=1S/C45H35N3Si/c1-45(2)35-19-11-8-16-31(35)32-26-27-37-39(40(32)45)33-17-9-12-20-36(33)48(37)30-24-22-28(23-25-30)41-43-42(34-18-10-13-21-38(34)49(43,3)4)47-44(46-41)29-14-6-5-7-15-29/h5-27H,1-4H3. The Balaban J connectivity index is 1.18. The first-order valence-corrected chi connectivity index (χ1v) is 20.2. The van der Waals surface area contributed by atoms with Crippen molar-refractivity contribution in [3.63, 3.8) is 0 Å². The normalized spacial score (nSPS) is 14.9. The fourth-order valence-corrected chi connectivity index (χ4v) is 12.2. The molecule has 0 bridgehead atoms. The van der Waals surface area contributed by atoms with Gasteiger partial charge in [-0.3, -0.25) is 0 Å². The number of benzene rings is 6. The maximum absolute atomic E-state index is 5.35. The third-order valence-corrected chi connectivity index (χ3v) is 14.7. The highest BCUT2D eigenvalue weighted by molar-refractivity contribution is 7.04. The molecule has 0 atom stereocenters. The molecule has 0 N–H and O–H groups in total. The van der Waals surface area contributed by atoms with Crippen LogP contribution >= 0.6 is 0 Å². The smallest absolute Gasteiger partial charge is 0.160 e. The zero-order valence-corrected chi connectivity index (χ0v) is 29.1. The molecule has 3 heterocycles. The molecule has 0 amide bonds. The molecule has 0 radical (unpaired) electrons. The van der Waals surface area contributed by atoms with E-state index in [9.17, 15) is 0 Å². The van der Waals surface area contributed by atoms with Crippen molar-refractivity contribution in [2.45, 2.75) is 32.4 Å². The van der Waals surface area contributed by atoms with Crippen LogP contribution in [0.3, 0.4) is 0 Å². The Bertz CT molecular complexity index is 2650. The summed E-state index contributed by atoms with van der Waals surface area (Å²) in [7, 11) is -2.05. The molecule has 0 spiro atoms. The first-order valence-electron chi connectivity index (χ1n) is 17.2. The molecule has 0 saturated carbocycles. The van der Waals surface area contributed by atoms with Gasteiger partial charge in [0.25, 0.3) is 0 Å². The van der Waals surface area contributed by atoms with E-state index in [1.54, 1.807) is 0 Å². The van der Waals surface area contributed by atoms with Gasteiger partial charge in [0.05, 0.1) is 22.4 Å². The van der Waals surface area contributed by atoms with Crippen molar-refractivity contribution < 1.29 is 0 Å². The maximum atomic E-state index is 5.35. The van der Waals surface area contributed by atoms with Crippen LogP contribution in [0, 0.1) is 0 Å². The number of nitrogens with zero attached hydrogens (tertiary/aromatic N) is 3. The summed E-state index contributed by atoms with van der Waals surface area (Å²) in [5.74, 6) is 0.778. The lowest BCUT2D eigenvalue weighted by Gasteiger charge is -2.22. The summed E-state index contributed by atoms with van der Waals surface area (Å²) in [6.45, 7) is 9.64. The summed E-state index contributed by atoms with van der Waals surface area (Å²) < 4.78 is 2.45. The maximum Gasteiger partial charge on any atom is 0.160 e. The van der Waals surface area contributed by atoms with Gasteiger partial charge in [0, 0.05) is 33.0 Å². The summed E-state index contributed by atoms with van der Waals surface area (Å²) in [5, 5.41) is 5.41. The van der Waals surface area contributed by atoms with Gasteiger partial charge >= 0.3 is 0 Å². The van der Waals surface area contributed by atoms with Crippen molar-refractivity contribution in [1.82, 2.24) is 14.5 Å². The number of hydrogen-bond donors (Lipinski definition) is 0. The van der Waals surface area contributed by atoms with Gasteiger partial charge < -0.3 is 4.57 Å². The quantitative estimate of drug-likeness (QED) is 0.179. The molecular weight excluding hydrogens is 611 g/mol. The number of aromatic nitrogens is 3. The summed E-state index contributed by atoms with van der Waals surface area (Å²) in [4.78, 5) is 10.6. The minimum atomic E-state index is -2.05. The van der Waals surface area contributed by atoms with Crippen LogP contribution in [0.15, 0.2) is 140 Å². The molecular formula is C45H35N3Si. The zero-order chi connectivity index (χ0) is 33.1. The van der Waals surface area contributed by atoms with Crippen molar-refractivity contribution in [2.24, 2.45) is 0 Å². The molecule has 234 valence electrons. The molecule has 49 heavy (non-hydrogen) atoms. The second-order valence-corrected chi connectivity index (χ2v) is 18.9. The molecule has 1 aliphatic heterocycles. The minimum absolute atomic E-state index is 0.0949. The molecule has 6 aromatic carbocycles. The van der Waals surface area contributed by atoms with E-state index in [4.69, 9.17) is 9.97 Å². The average Bonchev–Trinajstić information content (AvgIpc) is 3.69. The summed E-state index contributed by atoms with van der Waals surface area (Å²) >= 11 is 0. The summed E-state index contributed by atoms with van der Waals surface area (Å²) in [6.07, 6.45) is 0. The van der Waals surface area contributed by atoms with E-state index in [0.29, 0.717) is 0 Å². The predicted octanol–water partition coefficient (Wildman–Crippen LogP) is 10.0. The monoisotopic (exact) mass is 645 g/mol. The Kier molecular flexibility index (Phi) is 5.79. The van der Waals surface area contributed by atoms with Gasteiger partial charge in [-0.25, -0.2) is 9.97 Å². The van der Waals surface area contributed by atoms with E-state index in [1.807, 2.05) is 6.07 Å². The molecule has 8 aromatic rings. The lowest BCUT2D eigenvalue weighted by Crippen LogP contribution is -2.50. The van der Waals surface area contributed by atoms with E-state index in [1.165, 1.54) is 60.0 Å². The zero-order valence-electron chi connectivity index (χ0n) is 28.1. The topological polar surface area (TPSA) is 30.7 Å². The Labute approximate surface area is 287 Å². The van der Waals surface area contributed by atoms with Crippen LogP contribution in [-0.2, 0) is 5.41 Å². The van der Waals surface area contributed by atoms with Crippen molar-refractivity contribution in [1.29, 1.82) is 0 Å². The molecule has 3 nitrogen and oxygen atoms in total. The SMILES string of the molecule is CC1(C)c2ccccc2-c2ccc3c(c21)c1ccccc1n3-c1ccc(-c2nc(-c3ccccc3)nc3c2[Si](C)(C)c2ccccc2-3)cc1. The highest BCUT2D eigenvalue weighted by Crippen LogP contribution is 2.53. The van der Waals surface area contributed by atoms with Crippen LogP contribution in [0.25, 0.3) is 72.5 Å². The van der Waals surface area contributed by atoms with Crippen LogP contribution in [0.1, 0.15) is 25.0 Å². The third kappa shape index (κ3) is 3.83. The Morgan fingerprint density at radius 3 is 2.04 bits per heavy atom. The highest BCUT2D eigenvalue weighted by Gasteiger charge is 2.42. The average molecular weight is 646 g/mol. The summed E-state index contributed by atoms with van der Waals surface area (Å²) in [6, 6.07) is 50.8. The first-order chi connectivity index (χ1) is 23.8. The number of hydrogen-bond acceptors (Lipinski definition) is 2.